The van der Waals surface area contributed by atoms with Crippen LogP contribution >= 0.6 is 0 Å². The van der Waals surface area contributed by atoms with E-state index in [0.29, 0.717) is 0 Å². The van der Waals surface area contributed by atoms with Crippen molar-refractivity contribution in [1.29, 1.82) is 0 Å². The SMILES string of the molecule is CCC1CN(C2CCN(C3CC3)C2)C(CC)CN1. The first-order valence-corrected chi connectivity index (χ1v) is 8.05. The van der Waals surface area contributed by atoms with Gasteiger partial charge in [-0.1, -0.05) is 13.8 Å². The Balaban J connectivity index is 1.60. The van der Waals surface area contributed by atoms with E-state index in [2.05, 4.69) is 29.0 Å². The third-order valence-corrected chi connectivity index (χ3v) is 5.23. The van der Waals surface area contributed by atoms with Crippen LogP contribution in [-0.4, -0.2) is 60.1 Å². The fourth-order valence-corrected chi connectivity index (χ4v) is 3.80. The van der Waals surface area contributed by atoms with E-state index in [1.807, 2.05) is 0 Å². The molecule has 1 N–H and O–H groups in total. The topological polar surface area (TPSA) is 18.5 Å². The van der Waals surface area contributed by atoms with Gasteiger partial charge < -0.3 is 5.32 Å². The molecule has 104 valence electrons. The fourth-order valence-electron chi connectivity index (χ4n) is 3.80. The van der Waals surface area contributed by atoms with Gasteiger partial charge in [-0.25, -0.2) is 0 Å². The highest BCUT2D eigenvalue weighted by molar-refractivity contribution is 4.96. The standard InChI is InChI=1S/C15H29N3/c1-3-12-10-18(13(4-2)9-16-12)15-7-8-17(11-15)14-5-6-14/h12-16H,3-11H2,1-2H3. The Hall–Kier alpha value is -0.120. The molecule has 3 aliphatic rings. The maximum atomic E-state index is 3.71. The summed E-state index contributed by atoms with van der Waals surface area (Å²) in [5.74, 6) is 0. The highest BCUT2D eigenvalue weighted by Gasteiger charge is 2.39. The lowest BCUT2D eigenvalue weighted by Crippen LogP contribution is -2.59. The van der Waals surface area contributed by atoms with Crippen LogP contribution in [0.2, 0.25) is 0 Å². The lowest BCUT2D eigenvalue weighted by molar-refractivity contribution is 0.0796. The molecule has 3 atom stereocenters. The van der Waals surface area contributed by atoms with E-state index in [1.54, 1.807) is 0 Å². The van der Waals surface area contributed by atoms with Gasteiger partial charge in [0.15, 0.2) is 0 Å². The van der Waals surface area contributed by atoms with Crippen LogP contribution in [0.1, 0.15) is 46.0 Å². The summed E-state index contributed by atoms with van der Waals surface area (Å²) in [6.07, 6.45) is 6.89. The van der Waals surface area contributed by atoms with Crippen LogP contribution in [-0.2, 0) is 0 Å². The monoisotopic (exact) mass is 251 g/mol. The van der Waals surface area contributed by atoms with E-state index < -0.39 is 0 Å². The number of rotatable bonds is 4. The molecule has 3 fully saturated rings. The number of hydrogen-bond donors (Lipinski definition) is 1. The molecule has 2 saturated heterocycles. The highest BCUT2D eigenvalue weighted by Crippen LogP contribution is 2.32. The largest absolute Gasteiger partial charge is 0.311 e. The van der Waals surface area contributed by atoms with Gasteiger partial charge in [0.05, 0.1) is 0 Å². The smallest absolute Gasteiger partial charge is 0.0239 e. The van der Waals surface area contributed by atoms with Crippen molar-refractivity contribution in [2.24, 2.45) is 0 Å². The summed E-state index contributed by atoms with van der Waals surface area (Å²) in [6.45, 7) is 9.84. The number of likely N-dealkylation sites (tertiary alicyclic amines) is 1. The summed E-state index contributed by atoms with van der Waals surface area (Å²) in [7, 11) is 0. The van der Waals surface area contributed by atoms with Gasteiger partial charge in [0, 0.05) is 50.3 Å². The lowest BCUT2D eigenvalue weighted by Gasteiger charge is -2.43. The minimum Gasteiger partial charge on any atom is -0.311 e. The van der Waals surface area contributed by atoms with Crippen LogP contribution in [0.15, 0.2) is 0 Å². The molecule has 3 heteroatoms. The van der Waals surface area contributed by atoms with Crippen LogP contribution in [0.3, 0.4) is 0 Å². The number of nitrogens with zero attached hydrogens (tertiary/aromatic N) is 2. The second kappa shape index (κ2) is 5.48. The average molecular weight is 251 g/mol. The van der Waals surface area contributed by atoms with Gasteiger partial charge >= 0.3 is 0 Å². The van der Waals surface area contributed by atoms with Crippen molar-refractivity contribution in [2.75, 3.05) is 26.2 Å². The van der Waals surface area contributed by atoms with Crippen LogP contribution in [0.25, 0.3) is 0 Å². The molecule has 3 unspecified atom stereocenters. The van der Waals surface area contributed by atoms with E-state index >= 15 is 0 Å². The third-order valence-electron chi connectivity index (χ3n) is 5.23. The van der Waals surface area contributed by atoms with E-state index in [9.17, 15) is 0 Å². The number of nitrogens with one attached hydrogen (secondary N) is 1. The highest BCUT2D eigenvalue weighted by atomic mass is 15.3. The Morgan fingerprint density at radius 1 is 1.00 bits per heavy atom. The van der Waals surface area contributed by atoms with Crippen molar-refractivity contribution >= 4 is 0 Å². The van der Waals surface area contributed by atoms with Crippen molar-refractivity contribution in [1.82, 2.24) is 15.1 Å². The molecule has 1 aliphatic carbocycles. The van der Waals surface area contributed by atoms with Crippen LogP contribution < -0.4 is 5.32 Å². The van der Waals surface area contributed by atoms with Crippen molar-refractivity contribution in [3.05, 3.63) is 0 Å². The van der Waals surface area contributed by atoms with Gasteiger partial charge in [-0.2, -0.15) is 0 Å². The molecular formula is C15H29N3. The number of hydrogen-bond acceptors (Lipinski definition) is 3. The summed E-state index contributed by atoms with van der Waals surface area (Å²) >= 11 is 0. The quantitative estimate of drug-likeness (QED) is 0.820. The maximum absolute atomic E-state index is 3.71. The lowest BCUT2D eigenvalue weighted by atomic mass is 10.0. The Labute approximate surface area is 112 Å². The molecule has 0 radical (unpaired) electrons. The van der Waals surface area contributed by atoms with Crippen molar-refractivity contribution < 1.29 is 0 Å². The molecule has 3 nitrogen and oxygen atoms in total. The maximum Gasteiger partial charge on any atom is 0.0239 e. The molecule has 2 heterocycles. The zero-order valence-corrected chi connectivity index (χ0v) is 12.1. The minimum absolute atomic E-state index is 0.725. The van der Waals surface area contributed by atoms with Crippen LogP contribution in [0, 0.1) is 0 Å². The first-order chi connectivity index (χ1) is 8.81. The van der Waals surface area contributed by atoms with Gasteiger partial charge in [0.2, 0.25) is 0 Å². The number of piperazine rings is 1. The minimum atomic E-state index is 0.725. The fraction of sp³-hybridized carbons (Fsp3) is 1.00. The predicted octanol–water partition coefficient (Wildman–Crippen LogP) is 1.69. The van der Waals surface area contributed by atoms with Crippen molar-refractivity contribution in [2.45, 2.75) is 70.1 Å². The zero-order chi connectivity index (χ0) is 12.5. The molecule has 0 aromatic rings. The summed E-state index contributed by atoms with van der Waals surface area (Å²) in [6, 6.07) is 3.30. The molecule has 2 aliphatic heterocycles. The zero-order valence-electron chi connectivity index (χ0n) is 12.1. The Kier molecular flexibility index (Phi) is 3.92. The molecule has 0 bridgehead atoms. The van der Waals surface area contributed by atoms with Crippen molar-refractivity contribution in [3.8, 4) is 0 Å². The summed E-state index contributed by atoms with van der Waals surface area (Å²) in [5.41, 5.74) is 0. The summed E-state index contributed by atoms with van der Waals surface area (Å²) < 4.78 is 0. The first kappa shape index (κ1) is 12.9. The van der Waals surface area contributed by atoms with Crippen LogP contribution in [0.4, 0.5) is 0 Å². The second-order valence-corrected chi connectivity index (χ2v) is 6.44. The third kappa shape index (κ3) is 2.59. The molecule has 1 saturated carbocycles. The molecule has 18 heavy (non-hydrogen) atoms. The molecule has 0 aromatic carbocycles. The van der Waals surface area contributed by atoms with E-state index in [-0.39, 0.29) is 0 Å². The van der Waals surface area contributed by atoms with Crippen LogP contribution in [0.5, 0.6) is 0 Å². The van der Waals surface area contributed by atoms with E-state index in [4.69, 9.17) is 0 Å². The van der Waals surface area contributed by atoms with Gasteiger partial charge in [-0.3, -0.25) is 9.80 Å². The van der Waals surface area contributed by atoms with Gasteiger partial charge in [-0.05, 0) is 32.1 Å². The van der Waals surface area contributed by atoms with Gasteiger partial charge in [0.1, 0.15) is 0 Å². The summed E-state index contributed by atoms with van der Waals surface area (Å²) in [4.78, 5) is 5.59. The van der Waals surface area contributed by atoms with E-state index in [0.717, 1.165) is 24.2 Å². The molecule has 3 rings (SSSR count). The predicted molar refractivity (Wildman–Crippen MR) is 75.9 cm³/mol. The molecule has 0 aromatic heterocycles. The average Bonchev–Trinajstić information content (AvgIpc) is 3.16. The Morgan fingerprint density at radius 2 is 1.83 bits per heavy atom. The Bertz CT molecular complexity index is 277. The van der Waals surface area contributed by atoms with Gasteiger partial charge in [0.25, 0.3) is 0 Å². The molecular weight excluding hydrogens is 222 g/mol. The Morgan fingerprint density at radius 3 is 2.50 bits per heavy atom. The van der Waals surface area contributed by atoms with Gasteiger partial charge in [-0.15, -0.1) is 0 Å². The van der Waals surface area contributed by atoms with Crippen molar-refractivity contribution in [3.63, 3.8) is 0 Å². The normalized spacial score (nSPS) is 39.3. The first-order valence-electron chi connectivity index (χ1n) is 8.05. The summed E-state index contributed by atoms with van der Waals surface area (Å²) in [5, 5.41) is 3.71. The van der Waals surface area contributed by atoms with E-state index in [1.165, 1.54) is 58.3 Å². The molecule has 0 spiro atoms. The molecule has 0 amide bonds. The second-order valence-electron chi connectivity index (χ2n) is 6.44.